The number of hydrogen-bond acceptors (Lipinski definition) is 4. The molecule has 0 heterocycles. The van der Waals surface area contributed by atoms with E-state index in [0.717, 1.165) is 24.8 Å². The van der Waals surface area contributed by atoms with Gasteiger partial charge in [-0.1, -0.05) is 82.2 Å². The molecule has 23 heavy (non-hydrogen) atoms. The smallest absolute Gasteiger partial charge is 0.417 e. The van der Waals surface area contributed by atoms with E-state index < -0.39 is 11.9 Å². The van der Waals surface area contributed by atoms with Crippen molar-refractivity contribution >= 4 is 11.9 Å². The molecule has 0 radical (unpaired) electrons. The fourth-order valence-corrected chi connectivity index (χ4v) is 2.24. The van der Waals surface area contributed by atoms with E-state index in [1.807, 2.05) is 30.3 Å². The summed E-state index contributed by atoms with van der Waals surface area (Å²) in [6, 6.07) is 9.25. The van der Waals surface area contributed by atoms with Gasteiger partial charge >= 0.3 is 11.9 Å². The molecule has 0 bridgehead atoms. The number of carbonyl (C=O) groups is 2. The van der Waals surface area contributed by atoms with E-state index in [4.69, 9.17) is 9.47 Å². The quantitative estimate of drug-likeness (QED) is 0.344. The number of benzene rings is 1. The Balaban J connectivity index is 1.99. The lowest BCUT2D eigenvalue weighted by Crippen LogP contribution is -2.20. The first-order valence-electron chi connectivity index (χ1n) is 8.62. The Morgan fingerprint density at radius 1 is 0.783 bits per heavy atom. The lowest BCUT2D eigenvalue weighted by molar-refractivity contribution is -0.168. The van der Waals surface area contributed by atoms with Gasteiger partial charge in [-0.2, -0.15) is 0 Å². The molecule has 0 saturated heterocycles. The largest absolute Gasteiger partial charge is 0.457 e. The zero-order valence-electron chi connectivity index (χ0n) is 14.1. The maximum Gasteiger partial charge on any atom is 0.417 e. The second-order valence-electron chi connectivity index (χ2n) is 5.67. The van der Waals surface area contributed by atoms with Crippen LogP contribution in [-0.4, -0.2) is 18.5 Å². The summed E-state index contributed by atoms with van der Waals surface area (Å²) < 4.78 is 9.83. The minimum Gasteiger partial charge on any atom is -0.457 e. The average Bonchev–Trinajstić information content (AvgIpc) is 2.59. The van der Waals surface area contributed by atoms with Gasteiger partial charge in [0, 0.05) is 0 Å². The van der Waals surface area contributed by atoms with Crippen molar-refractivity contribution < 1.29 is 19.1 Å². The Morgan fingerprint density at radius 3 is 2.00 bits per heavy atom. The third-order valence-corrected chi connectivity index (χ3v) is 3.61. The highest BCUT2D eigenvalue weighted by Crippen LogP contribution is 2.08. The van der Waals surface area contributed by atoms with Crippen LogP contribution in [0.3, 0.4) is 0 Å². The molecule has 0 N–H and O–H groups in total. The average molecular weight is 320 g/mol. The minimum atomic E-state index is -0.923. The molecular weight excluding hydrogens is 292 g/mol. The molecule has 0 aliphatic heterocycles. The standard InChI is InChI=1S/C19H28O4/c1-2-3-4-5-6-7-8-12-15-22-18(20)19(21)23-16-17-13-10-9-11-14-17/h9-11,13-14H,2-8,12,15-16H2,1H3. The first-order chi connectivity index (χ1) is 11.2. The summed E-state index contributed by atoms with van der Waals surface area (Å²) >= 11 is 0. The van der Waals surface area contributed by atoms with Crippen LogP contribution in [0.25, 0.3) is 0 Å². The third kappa shape index (κ3) is 9.72. The first-order valence-corrected chi connectivity index (χ1v) is 8.62. The SMILES string of the molecule is CCCCCCCCCCOC(=O)C(=O)OCc1ccccc1. The van der Waals surface area contributed by atoms with Gasteiger partial charge in [0.25, 0.3) is 0 Å². The monoisotopic (exact) mass is 320 g/mol. The van der Waals surface area contributed by atoms with Crippen molar-refractivity contribution in [3.63, 3.8) is 0 Å². The van der Waals surface area contributed by atoms with E-state index in [1.54, 1.807) is 0 Å². The van der Waals surface area contributed by atoms with Crippen LogP contribution in [0.4, 0.5) is 0 Å². The van der Waals surface area contributed by atoms with E-state index in [2.05, 4.69) is 6.92 Å². The number of esters is 2. The van der Waals surface area contributed by atoms with Gasteiger partial charge in [0.1, 0.15) is 6.61 Å². The predicted molar refractivity (Wildman–Crippen MR) is 89.8 cm³/mol. The van der Waals surface area contributed by atoms with Crippen molar-refractivity contribution in [2.45, 2.75) is 64.9 Å². The molecule has 0 amide bonds. The van der Waals surface area contributed by atoms with Crippen LogP contribution in [0.5, 0.6) is 0 Å². The van der Waals surface area contributed by atoms with Crippen LogP contribution in [0, 0.1) is 0 Å². The third-order valence-electron chi connectivity index (χ3n) is 3.61. The molecule has 0 unspecified atom stereocenters. The van der Waals surface area contributed by atoms with Gasteiger partial charge in [0.05, 0.1) is 6.61 Å². The summed E-state index contributed by atoms with van der Waals surface area (Å²) in [4.78, 5) is 23.0. The van der Waals surface area contributed by atoms with Gasteiger partial charge in [-0.3, -0.25) is 0 Å². The van der Waals surface area contributed by atoms with Crippen molar-refractivity contribution in [2.24, 2.45) is 0 Å². The fraction of sp³-hybridized carbons (Fsp3) is 0.579. The molecule has 0 aromatic heterocycles. The summed E-state index contributed by atoms with van der Waals surface area (Å²) in [5.74, 6) is -1.82. The van der Waals surface area contributed by atoms with E-state index in [-0.39, 0.29) is 13.2 Å². The summed E-state index contributed by atoms with van der Waals surface area (Å²) in [7, 11) is 0. The van der Waals surface area contributed by atoms with Gasteiger partial charge in [-0.15, -0.1) is 0 Å². The molecule has 0 atom stereocenters. The number of unbranched alkanes of at least 4 members (excludes halogenated alkanes) is 7. The number of ether oxygens (including phenoxy) is 2. The molecule has 128 valence electrons. The van der Waals surface area contributed by atoms with Crippen molar-refractivity contribution in [2.75, 3.05) is 6.61 Å². The van der Waals surface area contributed by atoms with E-state index in [1.165, 1.54) is 32.1 Å². The van der Waals surface area contributed by atoms with Crippen LogP contribution in [0.2, 0.25) is 0 Å². The number of hydrogen-bond donors (Lipinski definition) is 0. The minimum absolute atomic E-state index is 0.0898. The summed E-state index contributed by atoms with van der Waals surface area (Å²) in [5, 5.41) is 0. The maximum absolute atomic E-state index is 11.5. The Hall–Kier alpha value is -1.84. The lowest BCUT2D eigenvalue weighted by Gasteiger charge is -2.06. The van der Waals surface area contributed by atoms with Gasteiger partial charge in [0.2, 0.25) is 0 Å². The van der Waals surface area contributed by atoms with Crippen LogP contribution in [0.1, 0.15) is 63.9 Å². The highest BCUT2D eigenvalue weighted by molar-refractivity contribution is 6.29. The van der Waals surface area contributed by atoms with Crippen LogP contribution in [-0.2, 0) is 25.7 Å². The molecule has 0 spiro atoms. The second-order valence-corrected chi connectivity index (χ2v) is 5.67. The van der Waals surface area contributed by atoms with Crippen LogP contribution in [0.15, 0.2) is 30.3 Å². The molecule has 0 aliphatic carbocycles. The maximum atomic E-state index is 11.5. The normalized spacial score (nSPS) is 10.3. The highest BCUT2D eigenvalue weighted by atomic mass is 16.6. The lowest BCUT2D eigenvalue weighted by atomic mass is 10.1. The Bertz CT molecular complexity index is 442. The fourth-order valence-electron chi connectivity index (χ4n) is 2.24. The highest BCUT2D eigenvalue weighted by Gasteiger charge is 2.16. The molecule has 0 aliphatic rings. The Morgan fingerprint density at radius 2 is 1.35 bits per heavy atom. The van der Waals surface area contributed by atoms with Gasteiger partial charge in [0.15, 0.2) is 0 Å². The van der Waals surface area contributed by atoms with E-state index in [0.29, 0.717) is 0 Å². The van der Waals surface area contributed by atoms with Crippen molar-refractivity contribution in [1.29, 1.82) is 0 Å². The molecule has 1 aromatic rings. The summed E-state index contributed by atoms with van der Waals surface area (Å²) in [6.07, 6.45) is 9.36. The molecule has 0 fully saturated rings. The van der Waals surface area contributed by atoms with E-state index >= 15 is 0 Å². The van der Waals surface area contributed by atoms with Crippen LogP contribution >= 0.6 is 0 Å². The Kier molecular flexibility index (Phi) is 10.6. The van der Waals surface area contributed by atoms with Crippen molar-refractivity contribution in [1.82, 2.24) is 0 Å². The first kappa shape index (κ1) is 19.2. The predicted octanol–water partition coefficient (Wildman–Crippen LogP) is 4.41. The summed E-state index contributed by atoms with van der Waals surface area (Å²) in [5.41, 5.74) is 0.844. The van der Waals surface area contributed by atoms with Crippen molar-refractivity contribution in [3.05, 3.63) is 35.9 Å². The van der Waals surface area contributed by atoms with Gasteiger partial charge in [-0.25, -0.2) is 9.59 Å². The van der Waals surface area contributed by atoms with Crippen molar-refractivity contribution in [3.8, 4) is 0 Å². The van der Waals surface area contributed by atoms with Gasteiger partial charge in [-0.05, 0) is 12.0 Å². The second kappa shape index (κ2) is 12.7. The number of rotatable bonds is 11. The topological polar surface area (TPSA) is 52.6 Å². The molecule has 4 nitrogen and oxygen atoms in total. The summed E-state index contributed by atoms with van der Waals surface area (Å²) in [6.45, 7) is 2.58. The molecule has 4 heteroatoms. The molecule has 0 saturated carbocycles. The molecular formula is C19H28O4. The van der Waals surface area contributed by atoms with E-state index in [9.17, 15) is 9.59 Å². The van der Waals surface area contributed by atoms with Crippen LogP contribution < -0.4 is 0 Å². The molecule has 1 aromatic carbocycles. The van der Waals surface area contributed by atoms with Gasteiger partial charge < -0.3 is 9.47 Å². The zero-order chi connectivity index (χ0) is 16.8. The number of carbonyl (C=O) groups excluding carboxylic acids is 2. The Labute approximate surface area is 139 Å². The molecule has 1 rings (SSSR count). The zero-order valence-corrected chi connectivity index (χ0v) is 14.1.